The maximum Gasteiger partial charge on any atom is 0.335 e. The van der Waals surface area contributed by atoms with Crippen LogP contribution in [0.15, 0.2) is 18.3 Å². The summed E-state index contributed by atoms with van der Waals surface area (Å²) >= 11 is 0. The number of urea groups is 1. The van der Waals surface area contributed by atoms with Gasteiger partial charge < -0.3 is 20.2 Å². The molecule has 7 nitrogen and oxygen atoms in total. The SMILES string of the molecule is CC1CN(C)CCN1C(=O)NCc1cc(C(=O)O)ccn1. The van der Waals surface area contributed by atoms with Gasteiger partial charge in [-0.1, -0.05) is 0 Å². The number of carboxylic acid groups (broad SMARTS) is 1. The van der Waals surface area contributed by atoms with E-state index in [1.54, 1.807) is 4.90 Å². The summed E-state index contributed by atoms with van der Waals surface area (Å²) in [5.74, 6) is -1.00. The molecular weight excluding hydrogens is 272 g/mol. The van der Waals surface area contributed by atoms with Gasteiger partial charge in [-0.3, -0.25) is 4.98 Å². The Bertz CT molecular complexity index is 535. The molecule has 1 atom stereocenters. The molecule has 0 saturated carbocycles. The van der Waals surface area contributed by atoms with Crippen molar-refractivity contribution in [3.8, 4) is 0 Å². The summed E-state index contributed by atoms with van der Waals surface area (Å²) in [7, 11) is 2.03. The third-order valence-electron chi connectivity index (χ3n) is 3.58. The molecule has 2 heterocycles. The number of carbonyl (C=O) groups excluding carboxylic acids is 1. The Balaban J connectivity index is 1.92. The van der Waals surface area contributed by atoms with Crippen LogP contribution in [0.4, 0.5) is 4.79 Å². The zero-order chi connectivity index (χ0) is 15.4. The van der Waals surface area contributed by atoms with Crippen molar-refractivity contribution in [3.63, 3.8) is 0 Å². The van der Waals surface area contributed by atoms with Gasteiger partial charge in [0.05, 0.1) is 17.8 Å². The first-order valence-corrected chi connectivity index (χ1v) is 6.88. The highest BCUT2D eigenvalue weighted by Crippen LogP contribution is 2.08. The van der Waals surface area contributed by atoms with E-state index in [9.17, 15) is 9.59 Å². The Morgan fingerprint density at radius 1 is 1.48 bits per heavy atom. The molecular formula is C14H20N4O3. The van der Waals surface area contributed by atoms with E-state index in [4.69, 9.17) is 5.11 Å². The van der Waals surface area contributed by atoms with Crippen molar-refractivity contribution < 1.29 is 14.7 Å². The van der Waals surface area contributed by atoms with Crippen LogP contribution in [0.1, 0.15) is 23.0 Å². The second kappa shape index (κ2) is 6.53. The number of nitrogens with one attached hydrogen (secondary N) is 1. The van der Waals surface area contributed by atoms with Gasteiger partial charge in [0.1, 0.15) is 0 Å². The van der Waals surface area contributed by atoms with E-state index in [2.05, 4.69) is 15.2 Å². The minimum absolute atomic E-state index is 0.141. The average molecular weight is 292 g/mol. The molecule has 1 unspecified atom stereocenters. The molecule has 2 N–H and O–H groups in total. The first-order valence-electron chi connectivity index (χ1n) is 6.88. The third-order valence-corrected chi connectivity index (χ3v) is 3.58. The molecule has 2 amide bonds. The van der Waals surface area contributed by atoms with Crippen LogP contribution in [0.5, 0.6) is 0 Å². The molecule has 1 aromatic heterocycles. The van der Waals surface area contributed by atoms with Crippen molar-refractivity contribution in [2.24, 2.45) is 0 Å². The monoisotopic (exact) mass is 292 g/mol. The van der Waals surface area contributed by atoms with Crippen molar-refractivity contribution in [2.75, 3.05) is 26.7 Å². The highest BCUT2D eigenvalue weighted by Gasteiger charge is 2.25. The van der Waals surface area contributed by atoms with E-state index in [0.29, 0.717) is 12.2 Å². The Morgan fingerprint density at radius 2 is 2.24 bits per heavy atom. The van der Waals surface area contributed by atoms with Crippen LogP contribution in [0.25, 0.3) is 0 Å². The van der Waals surface area contributed by atoms with Gasteiger partial charge in [0.15, 0.2) is 0 Å². The fourth-order valence-corrected chi connectivity index (χ4v) is 2.42. The molecule has 7 heteroatoms. The summed E-state index contributed by atoms with van der Waals surface area (Å²) in [5.41, 5.74) is 0.701. The Hall–Kier alpha value is -2.15. The molecule has 0 aromatic carbocycles. The average Bonchev–Trinajstić information content (AvgIpc) is 2.45. The molecule has 0 bridgehead atoms. The Morgan fingerprint density at radius 3 is 2.90 bits per heavy atom. The topological polar surface area (TPSA) is 85.8 Å². The Kier molecular flexibility index (Phi) is 4.74. The van der Waals surface area contributed by atoms with Crippen LogP contribution in [-0.2, 0) is 6.54 Å². The maximum atomic E-state index is 12.2. The number of nitrogens with zero attached hydrogens (tertiary/aromatic N) is 3. The fraction of sp³-hybridized carbons (Fsp3) is 0.500. The molecule has 1 aliphatic heterocycles. The lowest BCUT2D eigenvalue weighted by atomic mass is 10.2. The number of hydrogen-bond acceptors (Lipinski definition) is 4. The zero-order valence-corrected chi connectivity index (χ0v) is 12.2. The molecule has 0 radical (unpaired) electrons. The largest absolute Gasteiger partial charge is 0.478 e. The van der Waals surface area contributed by atoms with Gasteiger partial charge in [-0.15, -0.1) is 0 Å². The first-order chi connectivity index (χ1) is 9.97. The van der Waals surface area contributed by atoms with Gasteiger partial charge in [0, 0.05) is 31.9 Å². The number of aromatic carboxylic acids is 1. The number of rotatable bonds is 3. The van der Waals surface area contributed by atoms with Crippen molar-refractivity contribution in [1.82, 2.24) is 20.1 Å². The summed E-state index contributed by atoms with van der Waals surface area (Å²) in [6, 6.07) is 2.91. The van der Waals surface area contributed by atoms with Crippen LogP contribution in [0.3, 0.4) is 0 Å². The molecule has 1 fully saturated rings. The highest BCUT2D eigenvalue weighted by atomic mass is 16.4. The van der Waals surface area contributed by atoms with Crippen molar-refractivity contribution >= 4 is 12.0 Å². The minimum Gasteiger partial charge on any atom is -0.478 e. The number of carboxylic acids is 1. The molecule has 1 aliphatic rings. The molecule has 1 aromatic rings. The first kappa shape index (κ1) is 15.2. The summed E-state index contributed by atoms with van der Waals surface area (Å²) in [4.78, 5) is 31.1. The fourth-order valence-electron chi connectivity index (χ4n) is 2.42. The van der Waals surface area contributed by atoms with Gasteiger partial charge in [-0.25, -0.2) is 9.59 Å². The van der Waals surface area contributed by atoms with Crippen LogP contribution >= 0.6 is 0 Å². The number of hydrogen-bond donors (Lipinski definition) is 2. The number of aromatic nitrogens is 1. The van der Waals surface area contributed by atoms with E-state index < -0.39 is 5.97 Å². The van der Waals surface area contributed by atoms with Gasteiger partial charge in [0.25, 0.3) is 0 Å². The molecule has 0 aliphatic carbocycles. The van der Waals surface area contributed by atoms with Crippen LogP contribution in [0, 0.1) is 0 Å². The van der Waals surface area contributed by atoms with E-state index in [-0.39, 0.29) is 24.2 Å². The van der Waals surface area contributed by atoms with E-state index in [1.165, 1.54) is 18.3 Å². The van der Waals surface area contributed by atoms with E-state index in [0.717, 1.165) is 13.1 Å². The van der Waals surface area contributed by atoms with Crippen molar-refractivity contribution in [2.45, 2.75) is 19.5 Å². The normalized spacial score (nSPS) is 19.3. The van der Waals surface area contributed by atoms with Crippen LogP contribution in [-0.4, -0.2) is 64.6 Å². The summed E-state index contributed by atoms with van der Waals surface area (Å²) < 4.78 is 0. The number of likely N-dealkylation sites (N-methyl/N-ethyl adjacent to an activating group) is 1. The molecule has 114 valence electrons. The molecule has 0 spiro atoms. The predicted molar refractivity (Wildman–Crippen MR) is 77.1 cm³/mol. The summed E-state index contributed by atoms with van der Waals surface area (Å²) in [6.07, 6.45) is 1.43. The Labute approximate surface area is 123 Å². The van der Waals surface area contributed by atoms with E-state index >= 15 is 0 Å². The van der Waals surface area contributed by atoms with Crippen molar-refractivity contribution in [1.29, 1.82) is 0 Å². The quantitative estimate of drug-likeness (QED) is 0.853. The second-order valence-corrected chi connectivity index (χ2v) is 5.30. The second-order valence-electron chi connectivity index (χ2n) is 5.30. The third kappa shape index (κ3) is 3.91. The number of pyridine rings is 1. The van der Waals surface area contributed by atoms with Gasteiger partial charge >= 0.3 is 12.0 Å². The van der Waals surface area contributed by atoms with Gasteiger partial charge in [-0.2, -0.15) is 0 Å². The van der Waals surface area contributed by atoms with E-state index in [1.807, 2.05) is 14.0 Å². The van der Waals surface area contributed by atoms with Crippen LogP contribution in [0.2, 0.25) is 0 Å². The smallest absolute Gasteiger partial charge is 0.335 e. The molecule has 2 rings (SSSR count). The number of amides is 2. The lowest BCUT2D eigenvalue weighted by Gasteiger charge is -2.38. The molecule has 21 heavy (non-hydrogen) atoms. The van der Waals surface area contributed by atoms with Gasteiger partial charge in [-0.05, 0) is 26.1 Å². The maximum absolute atomic E-state index is 12.2. The highest BCUT2D eigenvalue weighted by molar-refractivity contribution is 5.87. The minimum atomic E-state index is -1.00. The number of carbonyl (C=O) groups is 2. The number of piperazine rings is 1. The standard InChI is InChI=1S/C14H20N4O3/c1-10-9-17(2)5-6-18(10)14(21)16-8-12-7-11(13(19)20)3-4-15-12/h3-4,7,10H,5-6,8-9H2,1-2H3,(H,16,21)(H,19,20). The van der Waals surface area contributed by atoms with Gasteiger partial charge in [0.2, 0.25) is 0 Å². The van der Waals surface area contributed by atoms with Crippen LogP contribution < -0.4 is 5.32 Å². The lowest BCUT2D eigenvalue weighted by molar-refractivity contribution is 0.0696. The molecule has 1 saturated heterocycles. The summed E-state index contributed by atoms with van der Waals surface area (Å²) in [6.45, 7) is 4.62. The summed E-state index contributed by atoms with van der Waals surface area (Å²) in [5, 5.41) is 11.7. The lowest BCUT2D eigenvalue weighted by Crippen LogP contribution is -2.55. The van der Waals surface area contributed by atoms with Crippen molar-refractivity contribution in [3.05, 3.63) is 29.6 Å². The predicted octanol–water partition coefficient (Wildman–Crippen LogP) is 0.625. The zero-order valence-electron chi connectivity index (χ0n) is 12.2.